The van der Waals surface area contributed by atoms with E-state index in [-0.39, 0.29) is 11.8 Å². The van der Waals surface area contributed by atoms with Crippen molar-refractivity contribution in [2.45, 2.75) is 32.9 Å². The van der Waals surface area contributed by atoms with Gasteiger partial charge in [-0.3, -0.25) is 9.59 Å². The van der Waals surface area contributed by atoms with Crippen LogP contribution in [0, 0.1) is 6.92 Å². The minimum Gasteiger partial charge on any atom is -0.487 e. The van der Waals surface area contributed by atoms with E-state index in [4.69, 9.17) is 4.74 Å². The minimum atomic E-state index is -0.186. The van der Waals surface area contributed by atoms with Gasteiger partial charge in [-0.15, -0.1) is 11.3 Å². The highest BCUT2D eigenvalue weighted by molar-refractivity contribution is 7.09. The molecule has 2 amide bonds. The number of nitrogens with one attached hydrogen (secondary N) is 1. The summed E-state index contributed by atoms with van der Waals surface area (Å²) in [5, 5.41) is 5.88. The maximum atomic E-state index is 12.3. The van der Waals surface area contributed by atoms with E-state index in [0.29, 0.717) is 25.3 Å². The van der Waals surface area contributed by atoms with E-state index in [2.05, 4.69) is 10.3 Å². The van der Waals surface area contributed by atoms with Gasteiger partial charge in [0.1, 0.15) is 12.4 Å². The highest BCUT2D eigenvalue weighted by atomic mass is 32.1. The summed E-state index contributed by atoms with van der Waals surface area (Å²) in [6.45, 7) is 3.54. The molecule has 164 valence electrons. The largest absolute Gasteiger partial charge is 0.487 e. The molecule has 1 aliphatic rings. The van der Waals surface area contributed by atoms with Crippen LogP contribution in [0.25, 0.3) is 6.08 Å². The van der Waals surface area contributed by atoms with Crippen LogP contribution in [-0.2, 0) is 22.7 Å². The second kappa shape index (κ2) is 10.2. The van der Waals surface area contributed by atoms with Gasteiger partial charge in [0.25, 0.3) is 0 Å². The number of anilines is 1. The van der Waals surface area contributed by atoms with E-state index in [1.807, 2.05) is 60.8 Å². The van der Waals surface area contributed by atoms with Crippen molar-refractivity contribution in [2.75, 3.05) is 11.4 Å². The van der Waals surface area contributed by atoms with Crippen molar-refractivity contribution in [3.8, 4) is 5.75 Å². The van der Waals surface area contributed by atoms with Crippen molar-refractivity contribution in [2.24, 2.45) is 0 Å². The summed E-state index contributed by atoms with van der Waals surface area (Å²) in [5.41, 5.74) is 3.61. The lowest BCUT2D eigenvalue weighted by Gasteiger charge is -2.15. The third-order valence-corrected chi connectivity index (χ3v) is 5.99. The number of rotatable bonds is 8. The molecular formula is C25H25N3O3S. The van der Waals surface area contributed by atoms with Crippen molar-refractivity contribution in [1.82, 2.24) is 10.3 Å². The molecule has 1 aromatic heterocycles. The van der Waals surface area contributed by atoms with Gasteiger partial charge in [0, 0.05) is 42.2 Å². The lowest BCUT2D eigenvalue weighted by atomic mass is 10.1. The summed E-state index contributed by atoms with van der Waals surface area (Å²) in [5.74, 6) is 0.685. The third-order valence-electron chi connectivity index (χ3n) is 5.16. The number of carbonyl (C=O) groups is 2. The quantitative estimate of drug-likeness (QED) is 0.517. The van der Waals surface area contributed by atoms with Crippen molar-refractivity contribution in [3.63, 3.8) is 0 Å². The topological polar surface area (TPSA) is 71.5 Å². The van der Waals surface area contributed by atoms with Crippen LogP contribution in [0.1, 0.15) is 34.7 Å². The Morgan fingerprint density at radius 3 is 2.75 bits per heavy atom. The van der Waals surface area contributed by atoms with E-state index >= 15 is 0 Å². The molecule has 3 aromatic rings. The number of thiazole rings is 1. The fourth-order valence-corrected chi connectivity index (χ4v) is 4.10. The Labute approximate surface area is 191 Å². The zero-order chi connectivity index (χ0) is 22.3. The lowest BCUT2D eigenvalue weighted by Crippen LogP contribution is -2.23. The maximum absolute atomic E-state index is 12.3. The fourth-order valence-electron chi connectivity index (χ4n) is 3.50. The zero-order valence-corrected chi connectivity index (χ0v) is 18.7. The Bertz CT molecular complexity index is 1120. The Kier molecular flexibility index (Phi) is 6.97. The fraction of sp³-hybridized carbons (Fsp3) is 0.240. The number of ether oxygens (including phenoxy) is 1. The van der Waals surface area contributed by atoms with Gasteiger partial charge in [-0.25, -0.2) is 4.98 Å². The summed E-state index contributed by atoms with van der Waals surface area (Å²) in [6, 6.07) is 15.3. The Balaban J connectivity index is 1.30. The standard InChI is InChI=1S/C25H25N3O3S/c1-18-27-21(17-32-18)16-31-23-6-3-2-5-20(23)10-13-24(29)26-15-19-8-11-22(12-9-19)28-14-4-7-25(28)30/h2-3,5-6,8-13,17H,4,7,14-16H2,1H3,(H,26,29)/b13-10+. The molecule has 7 heteroatoms. The first-order chi connectivity index (χ1) is 15.6. The van der Waals surface area contributed by atoms with Gasteiger partial charge < -0.3 is 15.0 Å². The molecule has 1 fully saturated rings. The number of hydrogen-bond donors (Lipinski definition) is 1. The molecule has 6 nitrogen and oxygen atoms in total. The molecule has 4 rings (SSSR count). The van der Waals surface area contributed by atoms with Crippen LogP contribution in [-0.4, -0.2) is 23.3 Å². The van der Waals surface area contributed by atoms with Crippen molar-refractivity contribution in [3.05, 3.63) is 81.8 Å². The molecule has 0 aliphatic carbocycles. The Hall–Kier alpha value is -3.45. The van der Waals surface area contributed by atoms with Gasteiger partial charge in [0.05, 0.1) is 10.7 Å². The lowest BCUT2D eigenvalue weighted by molar-refractivity contribution is -0.117. The molecule has 1 N–H and O–H groups in total. The van der Waals surface area contributed by atoms with Crippen LogP contribution >= 0.6 is 11.3 Å². The van der Waals surface area contributed by atoms with Gasteiger partial charge in [-0.05, 0) is 43.2 Å². The van der Waals surface area contributed by atoms with Gasteiger partial charge >= 0.3 is 0 Å². The molecule has 2 heterocycles. The number of benzene rings is 2. The molecule has 0 atom stereocenters. The van der Waals surface area contributed by atoms with Crippen LogP contribution < -0.4 is 15.0 Å². The molecule has 0 unspecified atom stereocenters. The highest BCUT2D eigenvalue weighted by Gasteiger charge is 2.21. The molecular weight excluding hydrogens is 422 g/mol. The molecule has 32 heavy (non-hydrogen) atoms. The smallest absolute Gasteiger partial charge is 0.244 e. The molecule has 2 aromatic carbocycles. The summed E-state index contributed by atoms with van der Waals surface area (Å²) < 4.78 is 5.89. The molecule has 0 bridgehead atoms. The number of hydrogen-bond acceptors (Lipinski definition) is 5. The van der Waals surface area contributed by atoms with Crippen molar-refractivity contribution < 1.29 is 14.3 Å². The molecule has 0 radical (unpaired) electrons. The molecule has 0 saturated carbocycles. The van der Waals surface area contributed by atoms with E-state index in [1.165, 1.54) is 6.08 Å². The van der Waals surface area contributed by atoms with E-state index in [0.717, 1.165) is 40.5 Å². The van der Waals surface area contributed by atoms with Gasteiger partial charge in [0.15, 0.2) is 0 Å². The van der Waals surface area contributed by atoms with E-state index < -0.39 is 0 Å². The molecule has 0 spiro atoms. The van der Waals surface area contributed by atoms with Crippen LogP contribution in [0.5, 0.6) is 5.75 Å². The van der Waals surface area contributed by atoms with Crippen LogP contribution in [0.4, 0.5) is 5.69 Å². The first kappa shape index (κ1) is 21.8. The van der Waals surface area contributed by atoms with Crippen LogP contribution in [0.3, 0.4) is 0 Å². The first-order valence-electron chi connectivity index (χ1n) is 10.6. The first-order valence-corrected chi connectivity index (χ1v) is 11.4. The average Bonchev–Trinajstić information content (AvgIpc) is 3.43. The Morgan fingerprint density at radius 2 is 2.03 bits per heavy atom. The third kappa shape index (κ3) is 5.62. The van der Waals surface area contributed by atoms with Crippen molar-refractivity contribution in [1.29, 1.82) is 0 Å². The van der Waals surface area contributed by atoms with E-state index in [9.17, 15) is 9.59 Å². The summed E-state index contributed by atoms with van der Waals surface area (Å²) in [4.78, 5) is 30.4. The zero-order valence-electron chi connectivity index (χ0n) is 17.9. The van der Waals surface area contributed by atoms with Crippen molar-refractivity contribution >= 4 is 34.9 Å². The van der Waals surface area contributed by atoms with Gasteiger partial charge in [0.2, 0.25) is 11.8 Å². The number of aromatic nitrogens is 1. The van der Waals surface area contributed by atoms with Crippen LogP contribution in [0.15, 0.2) is 60.0 Å². The number of carbonyl (C=O) groups excluding carboxylic acids is 2. The minimum absolute atomic E-state index is 0.169. The number of nitrogens with zero attached hydrogens (tertiary/aromatic N) is 2. The predicted octanol–water partition coefficient (Wildman–Crippen LogP) is 4.49. The normalized spacial score (nSPS) is 13.7. The summed E-state index contributed by atoms with van der Waals surface area (Å²) in [7, 11) is 0. The maximum Gasteiger partial charge on any atom is 0.244 e. The van der Waals surface area contributed by atoms with Gasteiger partial charge in [-0.2, -0.15) is 0 Å². The Morgan fingerprint density at radius 1 is 1.22 bits per heavy atom. The monoisotopic (exact) mass is 447 g/mol. The SMILES string of the molecule is Cc1nc(COc2ccccc2/C=C/C(=O)NCc2ccc(N3CCCC3=O)cc2)cs1. The average molecular weight is 448 g/mol. The number of aryl methyl sites for hydroxylation is 1. The number of para-hydroxylation sites is 1. The summed E-state index contributed by atoms with van der Waals surface area (Å²) >= 11 is 1.59. The molecule has 1 aliphatic heterocycles. The second-order valence-electron chi connectivity index (χ2n) is 7.55. The predicted molar refractivity (Wildman–Crippen MR) is 127 cm³/mol. The summed E-state index contributed by atoms with van der Waals surface area (Å²) in [6.07, 6.45) is 4.77. The highest BCUT2D eigenvalue weighted by Crippen LogP contribution is 2.22. The van der Waals surface area contributed by atoms with Crippen LogP contribution in [0.2, 0.25) is 0 Å². The number of amides is 2. The second-order valence-corrected chi connectivity index (χ2v) is 8.61. The molecule has 1 saturated heterocycles. The van der Waals surface area contributed by atoms with E-state index in [1.54, 1.807) is 22.3 Å². The van der Waals surface area contributed by atoms with Gasteiger partial charge in [-0.1, -0.05) is 30.3 Å².